The number of rotatable bonds is 2. The fraction of sp³-hybridized carbons (Fsp3) is 0.118. The minimum absolute atomic E-state index is 0.132. The van der Waals surface area contributed by atoms with E-state index in [0.29, 0.717) is 33.1 Å². The second kappa shape index (κ2) is 5.26. The highest BCUT2D eigenvalue weighted by molar-refractivity contribution is 6.35. The number of hydrogen-bond acceptors (Lipinski definition) is 3. The fourth-order valence-electron chi connectivity index (χ4n) is 2.42. The quantitative estimate of drug-likeness (QED) is 0.703. The third-order valence-electron chi connectivity index (χ3n) is 3.39. The number of benzene rings is 2. The molecular weight excluding hydrogens is 288 g/mol. The van der Waals surface area contributed by atoms with Gasteiger partial charge in [0, 0.05) is 6.07 Å². The summed E-state index contributed by atoms with van der Waals surface area (Å²) in [6.45, 7) is 1.77. The normalized spacial score (nSPS) is 10.8. The van der Waals surface area contributed by atoms with Gasteiger partial charge >= 0.3 is 0 Å². The van der Waals surface area contributed by atoms with Crippen molar-refractivity contribution in [3.63, 3.8) is 0 Å². The van der Waals surface area contributed by atoms with Crippen LogP contribution in [0.5, 0.6) is 5.75 Å². The van der Waals surface area contributed by atoms with Crippen molar-refractivity contribution in [2.45, 2.75) is 6.92 Å². The van der Waals surface area contributed by atoms with Gasteiger partial charge in [-0.25, -0.2) is 0 Å². The van der Waals surface area contributed by atoms with Crippen molar-refractivity contribution in [3.05, 3.63) is 63.5 Å². The fourth-order valence-corrected chi connectivity index (χ4v) is 2.70. The van der Waals surface area contributed by atoms with Gasteiger partial charge in [0.25, 0.3) is 0 Å². The molecule has 0 unspecified atom stereocenters. The molecule has 1 heterocycles. The Hall–Kier alpha value is -2.26. The Labute approximate surface area is 126 Å². The maximum Gasteiger partial charge on any atom is 0.202 e. The smallest absolute Gasteiger partial charge is 0.202 e. The Balaban J connectivity index is 2.40. The zero-order valence-corrected chi connectivity index (χ0v) is 12.4. The predicted molar refractivity (Wildman–Crippen MR) is 84.2 cm³/mol. The monoisotopic (exact) mass is 300 g/mol. The topological polar surface area (TPSA) is 39.4 Å². The van der Waals surface area contributed by atoms with Crippen LogP contribution < -0.4 is 10.2 Å². The van der Waals surface area contributed by atoms with Crippen molar-refractivity contribution < 1.29 is 9.15 Å². The summed E-state index contributed by atoms with van der Waals surface area (Å²) < 4.78 is 10.9. The highest BCUT2D eigenvalue weighted by atomic mass is 35.5. The molecule has 2 aromatic carbocycles. The van der Waals surface area contributed by atoms with Gasteiger partial charge < -0.3 is 9.15 Å². The number of ether oxygens (including phenoxy) is 1. The molecule has 21 heavy (non-hydrogen) atoms. The van der Waals surface area contributed by atoms with Crippen LogP contribution in [-0.2, 0) is 0 Å². The summed E-state index contributed by atoms with van der Waals surface area (Å²) in [4.78, 5) is 12.8. The highest BCUT2D eigenvalue weighted by Gasteiger charge is 2.16. The Kier molecular flexibility index (Phi) is 3.43. The lowest BCUT2D eigenvalue weighted by molar-refractivity contribution is 0.414. The lowest BCUT2D eigenvalue weighted by atomic mass is 10.0. The first kappa shape index (κ1) is 13.7. The average molecular weight is 301 g/mol. The maximum atomic E-state index is 12.8. The minimum atomic E-state index is -0.132. The van der Waals surface area contributed by atoms with Gasteiger partial charge in [0.15, 0.2) is 0 Å². The lowest BCUT2D eigenvalue weighted by Gasteiger charge is -2.09. The molecule has 0 aliphatic carbocycles. The Morgan fingerprint density at radius 2 is 1.86 bits per heavy atom. The van der Waals surface area contributed by atoms with Crippen LogP contribution in [0.15, 0.2) is 51.7 Å². The van der Waals surface area contributed by atoms with Crippen LogP contribution in [-0.4, -0.2) is 7.11 Å². The van der Waals surface area contributed by atoms with E-state index in [1.807, 2.05) is 30.3 Å². The van der Waals surface area contributed by atoms with E-state index in [1.54, 1.807) is 26.2 Å². The third-order valence-corrected chi connectivity index (χ3v) is 3.69. The van der Waals surface area contributed by atoms with Crippen LogP contribution in [0.4, 0.5) is 0 Å². The van der Waals surface area contributed by atoms with Gasteiger partial charge in [0.1, 0.15) is 17.1 Å². The van der Waals surface area contributed by atoms with E-state index in [0.717, 1.165) is 5.56 Å². The summed E-state index contributed by atoms with van der Waals surface area (Å²) in [7, 11) is 1.54. The number of fused-ring (bicyclic) bond motifs is 1. The molecule has 3 nitrogen and oxygen atoms in total. The molecule has 0 atom stereocenters. The second-order valence-corrected chi connectivity index (χ2v) is 5.12. The van der Waals surface area contributed by atoms with E-state index in [9.17, 15) is 4.79 Å². The number of halogens is 1. The van der Waals surface area contributed by atoms with E-state index >= 15 is 0 Å². The summed E-state index contributed by atoms with van der Waals surface area (Å²) in [5, 5.41) is 0.706. The van der Waals surface area contributed by atoms with Gasteiger partial charge in [-0.2, -0.15) is 0 Å². The number of hydrogen-bond donors (Lipinski definition) is 0. The van der Waals surface area contributed by atoms with Crippen LogP contribution in [0.2, 0.25) is 5.02 Å². The second-order valence-electron chi connectivity index (χ2n) is 4.71. The maximum absolute atomic E-state index is 12.8. The van der Waals surface area contributed by atoms with Gasteiger partial charge in [-0.3, -0.25) is 4.79 Å². The Bertz CT molecular complexity index is 867. The first-order valence-corrected chi connectivity index (χ1v) is 6.86. The van der Waals surface area contributed by atoms with E-state index in [-0.39, 0.29) is 5.43 Å². The van der Waals surface area contributed by atoms with Crippen molar-refractivity contribution in [3.8, 4) is 16.9 Å². The van der Waals surface area contributed by atoms with E-state index in [4.69, 9.17) is 20.8 Å². The van der Waals surface area contributed by atoms with Gasteiger partial charge in [0.05, 0.1) is 23.1 Å². The zero-order chi connectivity index (χ0) is 15.0. The van der Waals surface area contributed by atoms with Gasteiger partial charge in [-0.1, -0.05) is 41.9 Å². The molecule has 0 fully saturated rings. The lowest BCUT2D eigenvalue weighted by Crippen LogP contribution is -2.08. The molecule has 1 aromatic heterocycles. The standard InChI is InChI=1S/C17H13ClO3/c1-10-15(11-6-4-3-5-7-11)17(19)16-13(18)8-12(20-2)9-14(16)21-10/h3-9H,1-2H3. The molecule has 4 heteroatoms. The first-order chi connectivity index (χ1) is 10.1. The summed E-state index contributed by atoms with van der Waals surface area (Å²) in [5.74, 6) is 1.12. The van der Waals surface area contributed by atoms with E-state index in [2.05, 4.69) is 0 Å². The molecule has 0 saturated carbocycles. The summed E-state index contributed by atoms with van der Waals surface area (Å²) in [5.41, 5.74) is 1.65. The van der Waals surface area contributed by atoms with Crippen LogP contribution in [0.3, 0.4) is 0 Å². The van der Waals surface area contributed by atoms with Gasteiger partial charge in [-0.15, -0.1) is 0 Å². The molecule has 0 spiro atoms. The van der Waals surface area contributed by atoms with Crippen LogP contribution in [0, 0.1) is 6.92 Å². The Morgan fingerprint density at radius 1 is 1.14 bits per heavy atom. The first-order valence-electron chi connectivity index (χ1n) is 6.48. The molecule has 106 valence electrons. The number of aryl methyl sites for hydroxylation is 1. The zero-order valence-electron chi connectivity index (χ0n) is 11.6. The third kappa shape index (κ3) is 2.30. The molecule has 0 aliphatic heterocycles. The van der Waals surface area contributed by atoms with E-state index in [1.165, 1.54) is 0 Å². The molecule has 0 saturated heterocycles. The molecular formula is C17H13ClO3. The van der Waals surface area contributed by atoms with Crippen LogP contribution >= 0.6 is 11.6 Å². The summed E-state index contributed by atoms with van der Waals surface area (Å²) in [6.07, 6.45) is 0. The Morgan fingerprint density at radius 3 is 2.52 bits per heavy atom. The van der Waals surface area contributed by atoms with Gasteiger partial charge in [0.2, 0.25) is 5.43 Å². The summed E-state index contributed by atoms with van der Waals surface area (Å²) in [6, 6.07) is 12.7. The predicted octanol–water partition coefficient (Wildman–Crippen LogP) is 4.43. The van der Waals surface area contributed by atoms with Crippen molar-refractivity contribution in [2.75, 3.05) is 7.11 Å². The highest BCUT2D eigenvalue weighted by Crippen LogP contribution is 2.31. The molecule has 0 aliphatic rings. The molecule has 3 rings (SSSR count). The molecule has 0 amide bonds. The van der Waals surface area contributed by atoms with Crippen molar-refractivity contribution in [2.24, 2.45) is 0 Å². The molecule has 0 radical (unpaired) electrons. The minimum Gasteiger partial charge on any atom is -0.497 e. The molecule has 0 N–H and O–H groups in total. The van der Waals surface area contributed by atoms with Crippen molar-refractivity contribution in [1.82, 2.24) is 0 Å². The largest absolute Gasteiger partial charge is 0.497 e. The van der Waals surface area contributed by atoms with Crippen LogP contribution in [0.1, 0.15) is 5.76 Å². The number of methoxy groups -OCH3 is 1. The molecule has 3 aromatic rings. The SMILES string of the molecule is COc1cc(Cl)c2c(=O)c(-c3ccccc3)c(C)oc2c1. The van der Waals surface area contributed by atoms with Gasteiger partial charge in [-0.05, 0) is 18.6 Å². The van der Waals surface area contributed by atoms with Crippen molar-refractivity contribution >= 4 is 22.6 Å². The average Bonchev–Trinajstić information content (AvgIpc) is 2.47. The van der Waals surface area contributed by atoms with E-state index < -0.39 is 0 Å². The van der Waals surface area contributed by atoms with Crippen molar-refractivity contribution in [1.29, 1.82) is 0 Å². The summed E-state index contributed by atoms with van der Waals surface area (Å²) >= 11 is 6.22. The molecule has 0 bridgehead atoms. The van der Waals surface area contributed by atoms with Crippen LogP contribution in [0.25, 0.3) is 22.1 Å².